The number of hydrogen-bond donors (Lipinski definition) is 1. The molecular formula is C30H23FN2O3. The van der Waals surface area contributed by atoms with Crippen molar-refractivity contribution in [1.82, 2.24) is 0 Å². The van der Waals surface area contributed by atoms with Crippen LogP contribution >= 0.6 is 0 Å². The normalized spacial score (nSPS) is 10.8. The molecule has 0 aromatic heterocycles. The summed E-state index contributed by atoms with van der Waals surface area (Å²) < 4.78 is 25.5. The van der Waals surface area contributed by atoms with E-state index in [9.17, 15) is 14.4 Å². The van der Waals surface area contributed by atoms with Crippen LogP contribution in [0.5, 0.6) is 11.5 Å². The quantitative estimate of drug-likeness (QED) is 0.219. The monoisotopic (exact) mass is 478 g/mol. The summed E-state index contributed by atoms with van der Waals surface area (Å²) in [5.74, 6) is 0.175. The summed E-state index contributed by atoms with van der Waals surface area (Å²) in [5, 5.41) is 12.3. The Morgan fingerprint density at radius 1 is 0.833 bits per heavy atom. The highest BCUT2D eigenvalue weighted by Gasteiger charge is 2.12. The maximum absolute atomic E-state index is 13.9. The summed E-state index contributed by atoms with van der Waals surface area (Å²) in [5.41, 5.74) is 2.42. The summed E-state index contributed by atoms with van der Waals surface area (Å²) in [6, 6.07) is 32.0. The van der Waals surface area contributed by atoms with Crippen molar-refractivity contribution < 1.29 is 18.7 Å². The average Bonchev–Trinajstić information content (AvgIpc) is 2.92. The van der Waals surface area contributed by atoms with Crippen LogP contribution in [0.25, 0.3) is 6.08 Å². The van der Waals surface area contributed by atoms with Gasteiger partial charge in [-0.15, -0.1) is 0 Å². The molecule has 0 bridgehead atoms. The molecule has 4 aromatic rings. The fourth-order valence-electron chi connectivity index (χ4n) is 3.38. The molecule has 4 aromatic carbocycles. The first kappa shape index (κ1) is 24.2. The second-order valence-corrected chi connectivity index (χ2v) is 7.84. The third kappa shape index (κ3) is 6.58. The maximum atomic E-state index is 13.9. The SMILES string of the molecule is N#C/C(=C\c1ccccc1OCc1ccccc1F)C(=O)Nc1ccc(OCc2ccccc2)cc1. The highest BCUT2D eigenvalue weighted by molar-refractivity contribution is 6.09. The Labute approximate surface area is 209 Å². The number of nitrogens with one attached hydrogen (secondary N) is 1. The van der Waals surface area contributed by atoms with Gasteiger partial charge in [0.1, 0.15) is 42.2 Å². The van der Waals surface area contributed by atoms with Gasteiger partial charge in [0.2, 0.25) is 0 Å². The maximum Gasteiger partial charge on any atom is 0.266 e. The van der Waals surface area contributed by atoms with Gasteiger partial charge in [0.05, 0.1) is 0 Å². The minimum absolute atomic E-state index is 0.0182. The van der Waals surface area contributed by atoms with Crippen LogP contribution in [0.15, 0.2) is 109 Å². The second kappa shape index (κ2) is 12.0. The molecule has 0 spiro atoms. The zero-order chi connectivity index (χ0) is 25.2. The lowest BCUT2D eigenvalue weighted by atomic mass is 10.1. The number of benzene rings is 4. The number of anilines is 1. The zero-order valence-corrected chi connectivity index (χ0v) is 19.4. The van der Waals surface area contributed by atoms with Gasteiger partial charge in [-0.1, -0.05) is 66.7 Å². The van der Waals surface area contributed by atoms with Gasteiger partial charge in [0.15, 0.2) is 0 Å². The smallest absolute Gasteiger partial charge is 0.266 e. The number of nitrogens with zero attached hydrogens (tertiary/aromatic N) is 1. The lowest BCUT2D eigenvalue weighted by Gasteiger charge is -2.11. The molecule has 5 nitrogen and oxygen atoms in total. The van der Waals surface area contributed by atoms with Crippen molar-refractivity contribution in [1.29, 1.82) is 5.26 Å². The molecule has 0 aliphatic rings. The van der Waals surface area contributed by atoms with Gasteiger partial charge in [-0.25, -0.2) is 4.39 Å². The number of hydrogen-bond acceptors (Lipinski definition) is 4. The van der Waals surface area contributed by atoms with Gasteiger partial charge in [-0.2, -0.15) is 5.26 Å². The molecule has 0 fully saturated rings. The van der Waals surface area contributed by atoms with Crippen LogP contribution in [0.1, 0.15) is 16.7 Å². The van der Waals surface area contributed by atoms with E-state index in [1.807, 2.05) is 36.4 Å². The number of amides is 1. The number of para-hydroxylation sites is 1. The summed E-state index contributed by atoms with van der Waals surface area (Å²) in [6.07, 6.45) is 1.45. The molecule has 1 amide bonds. The van der Waals surface area contributed by atoms with Gasteiger partial charge in [0.25, 0.3) is 5.91 Å². The van der Waals surface area contributed by atoms with Crippen molar-refractivity contribution in [2.24, 2.45) is 0 Å². The van der Waals surface area contributed by atoms with Crippen LogP contribution in [0, 0.1) is 17.1 Å². The number of ether oxygens (including phenoxy) is 2. The van der Waals surface area contributed by atoms with Crippen LogP contribution in [0.4, 0.5) is 10.1 Å². The van der Waals surface area contributed by atoms with Gasteiger partial charge in [0, 0.05) is 16.8 Å². The van der Waals surface area contributed by atoms with Gasteiger partial charge in [-0.3, -0.25) is 4.79 Å². The molecule has 36 heavy (non-hydrogen) atoms. The number of carbonyl (C=O) groups excluding carboxylic acids is 1. The van der Waals surface area contributed by atoms with E-state index in [2.05, 4.69) is 5.32 Å². The van der Waals surface area contributed by atoms with Crippen LogP contribution in [0.2, 0.25) is 0 Å². The summed E-state index contributed by atoms with van der Waals surface area (Å²) >= 11 is 0. The Bertz CT molecular complexity index is 1390. The minimum Gasteiger partial charge on any atom is -0.489 e. The molecule has 0 saturated carbocycles. The van der Waals surface area contributed by atoms with Crippen molar-refractivity contribution >= 4 is 17.7 Å². The van der Waals surface area contributed by atoms with Gasteiger partial charge < -0.3 is 14.8 Å². The third-order valence-electron chi connectivity index (χ3n) is 5.29. The van der Waals surface area contributed by atoms with Crippen molar-refractivity contribution in [2.45, 2.75) is 13.2 Å². The molecule has 6 heteroatoms. The van der Waals surface area contributed by atoms with Crippen LogP contribution < -0.4 is 14.8 Å². The molecule has 0 heterocycles. The highest BCUT2D eigenvalue weighted by Crippen LogP contribution is 2.24. The van der Waals surface area contributed by atoms with E-state index in [-0.39, 0.29) is 18.0 Å². The van der Waals surface area contributed by atoms with Crippen molar-refractivity contribution in [3.05, 3.63) is 131 Å². The molecular weight excluding hydrogens is 455 g/mol. The van der Waals surface area contributed by atoms with Crippen molar-refractivity contribution in [2.75, 3.05) is 5.32 Å². The first-order valence-electron chi connectivity index (χ1n) is 11.3. The van der Waals surface area contributed by atoms with E-state index in [0.29, 0.717) is 34.9 Å². The number of rotatable bonds is 9. The van der Waals surface area contributed by atoms with E-state index in [1.165, 1.54) is 12.1 Å². The Balaban J connectivity index is 1.41. The third-order valence-corrected chi connectivity index (χ3v) is 5.29. The van der Waals surface area contributed by atoms with E-state index >= 15 is 0 Å². The fourth-order valence-corrected chi connectivity index (χ4v) is 3.38. The molecule has 0 unspecified atom stereocenters. The number of nitriles is 1. The lowest BCUT2D eigenvalue weighted by molar-refractivity contribution is -0.112. The molecule has 0 atom stereocenters. The molecule has 0 radical (unpaired) electrons. The van der Waals surface area contributed by atoms with Crippen LogP contribution in [0.3, 0.4) is 0 Å². The largest absolute Gasteiger partial charge is 0.489 e. The molecule has 0 aliphatic heterocycles. The van der Waals surface area contributed by atoms with E-state index in [1.54, 1.807) is 66.7 Å². The van der Waals surface area contributed by atoms with Gasteiger partial charge in [-0.05, 0) is 48.0 Å². The first-order chi connectivity index (χ1) is 17.6. The second-order valence-electron chi connectivity index (χ2n) is 7.84. The molecule has 4 rings (SSSR count). The Morgan fingerprint density at radius 3 is 2.28 bits per heavy atom. The van der Waals surface area contributed by atoms with E-state index in [4.69, 9.17) is 9.47 Å². The zero-order valence-electron chi connectivity index (χ0n) is 19.4. The number of carbonyl (C=O) groups is 1. The summed E-state index contributed by atoms with van der Waals surface area (Å²) in [6.45, 7) is 0.455. The molecule has 1 N–H and O–H groups in total. The van der Waals surface area contributed by atoms with Crippen LogP contribution in [-0.2, 0) is 18.0 Å². The topological polar surface area (TPSA) is 71.3 Å². The fraction of sp³-hybridized carbons (Fsp3) is 0.0667. The molecule has 0 aliphatic carbocycles. The summed E-state index contributed by atoms with van der Waals surface area (Å²) in [7, 11) is 0. The Morgan fingerprint density at radius 2 is 1.53 bits per heavy atom. The van der Waals surface area contributed by atoms with E-state index in [0.717, 1.165) is 5.56 Å². The van der Waals surface area contributed by atoms with Crippen LogP contribution in [-0.4, -0.2) is 5.91 Å². The van der Waals surface area contributed by atoms with Crippen molar-refractivity contribution in [3.8, 4) is 17.6 Å². The van der Waals surface area contributed by atoms with Gasteiger partial charge >= 0.3 is 0 Å². The Hall–Kier alpha value is -4.89. The standard InChI is InChI=1S/C30H23FN2O3/c31-28-12-6-4-11-24(28)21-36-29-13-7-5-10-23(29)18-25(19-32)30(34)33-26-14-16-27(17-15-26)35-20-22-8-2-1-3-9-22/h1-18H,20-21H2,(H,33,34)/b25-18+. The average molecular weight is 479 g/mol. The predicted octanol–water partition coefficient (Wildman–Crippen LogP) is 6.53. The minimum atomic E-state index is -0.556. The molecule has 0 saturated heterocycles. The van der Waals surface area contributed by atoms with Crippen molar-refractivity contribution in [3.63, 3.8) is 0 Å². The first-order valence-corrected chi connectivity index (χ1v) is 11.3. The lowest BCUT2D eigenvalue weighted by Crippen LogP contribution is -2.13. The van der Waals surface area contributed by atoms with E-state index < -0.39 is 5.91 Å². The predicted molar refractivity (Wildman–Crippen MR) is 137 cm³/mol. The highest BCUT2D eigenvalue weighted by atomic mass is 19.1. The number of halogens is 1. The molecule has 178 valence electrons. The Kier molecular flexibility index (Phi) is 8.08. The summed E-state index contributed by atoms with van der Waals surface area (Å²) in [4.78, 5) is 12.8.